The highest BCUT2D eigenvalue weighted by molar-refractivity contribution is 5.54. The van der Waals surface area contributed by atoms with Crippen LogP contribution in [0.1, 0.15) is 0 Å². The first-order chi connectivity index (χ1) is 9.06. The molecule has 19 heavy (non-hydrogen) atoms. The summed E-state index contributed by atoms with van der Waals surface area (Å²) in [6, 6.07) is 2.25. The zero-order valence-electron chi connectivity index (χ0n) is 11.1. The highest BCUT2D eigenvalue weighted by atomic mass is 19.1. The summed E-state index contributed by atoms with van der Waals surface area (Å²) in [5.41, 5.74) is 5.37. The lowest BCUT2D eigenvalue weighted by Gasteiger charge is -2.32. The van der Waals surface area contributed by atoms with Crippen LogP contribution in [0.15, 0.2) is 12.1 Å². The van der Waals surface area contributed by atoms with Gasteiger partial charge in [-0.1, -0.05) is 0 Å². The first-order valence-corrected chi connectivity index (χ1v) is 6.45. The molecule has 0 saturated carbocycles. The molecule has 0 atom stereocenters. The van der Waals surface area contributed by atoms with E-state index in [4.69, 9.17) is 5.73 Å². The molecule has 4 nitrogen and oxygen atoms in total. The van der Waals surface area contributed by atoms with Gasteiger partial charge in [0.05, 0.1) is 0 Å². The van der Waals surface area contributed by atoms with Gasteiger partial charge >= 0.3 is 0 Å². The van der Waals surface area contributed by atoms with Gasteiger partial charge in [0, 0.05) is 45.0 Å². The molecule has 0 amide bonds. The zero-order chi connectivity index (χ0) is 13.8. The monoisotopic (exact) mass is 270 g/mol. The Morgan fingerprint density at radius 1 is 1.16 bits per heavy atom. The van der Waals surface area contributed by atoms with Crippen LogP contribution >= 0.6 is 0 Å². The minimum Gasteiger partial charge on any atom is -0.399 e. The van der Waals surface area contributed by atoms with E-state index in [0.717, 1.165) is 44.9 Å². The number of nitrogens with zero attached hydrogens (tertiary/aromatic N) is 2. The molecule has 1 aromatic rings. The Kier molecular flexibility index (Phi) is 4.55. The van der Waals surface area contributed by atoms with Gasteiger partial charge in [-0.05, 0) is 19.2 Å². The Bertz CT molecular complexity index is 408. The van der Waals surface area contributed by atoms with E-state index in [-0.39, 0.29) is 11.4 Å². The Labute approximate surface area is 112 Å². The lowest BCUT2D eigenvalue weighted by atomic mass is 10.2. The molecule has 0 aromatic heterocycles. The van der Waals surface area contributed by atoms with E-state index in [0.29, 0.717) is 6.54 Å². The van der Waals surface area contributed by atoms with Crippen molar-refractivity contribution in [3.8, 4) is 0 Å². The number of hydrogen-bond donors (Lipinski definition) is 2. The molecule has 1 aromatic carbocycles. The van der Waals surface area contributed by atoms with Crippen molar-refractivity contribution in [2.24, 2.45) is 0 Å². The third-order valence-corrected chi connectivity index (χ3v) is 3.39. The Morgan fingerprint density at radius 3 is 2.32 bits per heavy atom. The van der Waals surface area contributed by atoms with Gasteiger partial charge in [0.1, 0.15) is 5.69 Å². The van der Waals surface area contributed by atoms with Crippen molar-refractivity contribution >= 4 is 11.4 Å². The molecule has 3 N–H and O–H groups in total. The van der Waals surface area contributed by atoms with Crippen LogP contribution in [0.4, 0.5) is 20.2 Å². The van der Waals surface area contributed by atoms with Crippen LogP contribution in [0.2, 0.25) is 0 Å². The number of nitrogens with one attached hydrogen (secondary N) is 1. The van der Waals surface area contributed by atoms with E-state index >= 15 is 0 Å². The summed E-state index contributed by atoms with van der Waals surface area (Å²) in [5.74, 6) is -1.29. The Hall–Kier alpha value is -1.40. The molecule has 1 aliphatic heterocycles. The molecular formula is C13H20F2N4. The average Bonchev–Trinajstić information content (AvgIpc) is 2.34. The lowest BCUT2D eigenvalue weighted by Crippen LogP contribution is -2.45. The fourth-order valence-corrected chi connectivity index (χ4v) is 2.17. The predicted molar refractivity (Wildman–Crippen MR) is 73.2 cm³/mol. The fraction of sp³-hybridized carbons (Fsp3) is 0.538. The van der Waals surface area contributed by atoms with E-state index in [2.05, 4.69) is 22.2 Å². The predicted octanol–water partition coefficient (Wildman–Crippen LogP) is 1.21. The second-order valence-corrected chi connectivity index (χ2v) is 4.93. The third kappa shape index (κ3) is 3.78. The van der Waals surface area contributed by atoms with E-state index < -0.39 is 11.6 Å². The molecule has 0 spiro atoms. The summed E-state index contributed by atoms with van der Waals surface area (Å²) in [7, 11) is 2.09. The van der Waals surface area contributed by atoms with Crippen molar-refractivity contribution in [1.82, 2.24) is 9.80 Å². The summed E-state index contributed by atoms with van der Waals surface area (Å²) >= 11 is 0. The van der Waals surface area contributed by atoms with Gasteiger partial charge in [0.2, 0.25) is 0 Å². The molecule has 0 radical (unpaired) electrons. The van der Waals surface area contributed by atoms with Crippen LogP contribution < -0.4 is 11.1 Å². The average molecular weight is 270 g/mol. The Morgan fingerprint density at radius 2 is 1.74 bits per heavy atom. The van der Waals surface area contributed by atoms with Crippen molar-refractivity contribution in [3.05, 3.63) is 23.8 Å². The number of benzene rings is 1. The van der Waals surface area contributed by atoms with Crippen LogP contribution in [0.3, 0.4) is 0 Å². The van der Waals surface area contributed by atoms with Crippen molar-refractivity contribution in [1.29, 1.82) is 0 Å². The number of nitrogen functional groups attached to an aromatic ring is 1. The molecule has 2 rings (SSSR count). The SMILES string of the molecule is CN1CCN(CCNc2c(F)cc(N)cc2F)CC1. The quantitative estimate of drug-likeness (QED) is 0.807. The fourth-order valence-electron chi connectivity index (χ4n) is 2.17. The van der Waals surface area contributed by atoms with Gasteiger partial charge in [-0.2, -0.15) is 0 Å². The van der Waals surface area contributed by atoms with Crippen molar-refractivity contribution in [2.75, 3.05) is 57.4 Å². The van der Waals surface area contributed by atoms with Gasteiger partial charge in [0.25, 0.3) is 0 Å². The maximum absolute atomic E-state index is 13.5. The number of anilines is 2. The van der Waals surface area contributed by atoms with Crippen molar-refractivity contribution < 1.29 is 8.78 Å². The number of rotatable bonds is 4. The molecule has 1 heterocycles. The maximum atomic E-state index is 13.5. The molecule has 0 aliphatic carbocycles. The third-order valence-electron chi connectivity index (χ3n) is 3.39. The van der Waals surface area contributed by atoms with Gasteiger partial charge in [-0.3, -0.25) is 4.90 Å². The molecule has 0 bridgehead atoms. The highest BCUT2D eigenvalue weighted by Crippen LogP contribution is 2.21. The smallest absolute Gasteiger partial charge is 0.151 e. The molecule has 0 unspecified atom stereocenters. The number of hydrogen-bond acceptors (Lipinski definition) is 4. The normalized spacial score (nSPS) is 17.6. The molecule has 1 aliphatic rings. The molecule has 6 heteroatoms. The number of nitrogens with two attached hydrogens (primary N) is 1. The summed E-state index contributed by atoms with van der Waals surface area (Å²) < 4.78 is 27.1. The lowest BCUT2D eigenvalue weighted by molar-refractivity contribution is 0.158. The highest BCUT2D eigenvalue weighted by Gasteiger charge is 2.14. The molecule has 1 fully saturated rings. The number of piperazine rings is 1. The van der Waals surface area contributed by atoms with Crippen molar-refractivity contribution in [2.45, 2.75) is 0 Å². The van der Waals surface area contributed by atoms with E-state index in [1.807, 2.05) is 0 Å². The summed E-state index contributed by atoms with van der Waals surface area (Å²) in [6.07, 6.45) is 0. The van der Waals surface area contributed by atoms with Gasteiger partial charge < -0.3 is 16.0 Å². The first kappa shape index (κ1) is 14.0. The largest absolute Gasteiger partial charge is 0.399 e. The first-order valence-electron chi connectivity index (χ1n) is 6.45. The van der Waals surface area contributed by atoms with Crippen LogP contribution in [0, 0.1) is 11.6 Å². The zero-order valence-corrected chi connectivity index (χ0v) is 11.1. The summed E-state index contributed by atoms with van der Waals surface area (Å²) in [5, 5.41) is 2.81. The standard InChI is InChI=1S/C13H20F2N4/c1-18-4-6-19(7-5-18)3-2-17-13-11(14)8-10(16)9-12(13)15/h8-9,17H,2-7,16H2,1H3. The van der Waals surface area contributed by atoms with Crippen LogP contribution in [0.5, 0.6) is 0 Å². The van der Waals surface area contributed by atoms with Gasteiger partial charge in [0.15, 0.2) is 11.6 Å². The van der Waals surface area contributed by atoms with Crippen molar-refractivity contribution in [3.63, 3.8) is 0 Å². The van der Waals surface area contributed by atoms with Crippen LogP contribution in [-0.4, -0.2) is 56.1 Å². The second-order valence-electron chi connectivity index (χ2n) is 4.93. The Balaban J connectivity index is 1.83. The van der Waals surface area contributed by atoms with E-state index in [1.54, 1.807) is 0 Å². The van der Waals surface area contributed by atoms with E-state index in [9.17, 15) is 8.78 Å². The number of likely N-dealkylation sites (N-methyl/N-ethyl adjacent to an activating group) is 1. The maximum Gasteiger partial charge on any atom is 0.151 e. The molecule has 1 saturated heterocycles. The topological polar surface area (TPSA) is 44.5 Å². The molecule has 106 valence electrons. The minimum absolute atomic E-state index is 0.0941. The second kappa shape index (κ2) is 6.16. The summed E-state index contributed by atoms with van der Waals surface area (Å²) in [4.78, 5) is 4.54. The minimum atomic E-state index is -0.643. The van der Waals surface area contributed by atoms with Gasteiger partial charge in [-0.15, -0.1) is 0 Å². The van der Waals surface area contributed by atoms with Crippen LogP contribution in [0.25, 0.3) is 0 Å². The summed E-state index contributed by atoms with van der Waals surface area (Å²) in [6.45, 7) is 5.34. The van der Waals surface area contributed by atoms with E-state index in [1.165, 1.54) is 0 Å². The van der Waals surface area contributed by atoms with Crippen LogP contribution in [-0.2, 0) is 0 Å². The number of halogens is 2. The van der Waals surface area contributed by atoms with Gasteiger partial charge in [-0.25, -0.2) is 8.78 Å². The molecular weight excluding hydrogens is 250 g/mol.